The fourth-order valence-corrected chi connectivity index (χ4v) is 2.72. The molecule has 2 aromatic rings. The van der Waals surface area contributed by atoms with Crippen molar-refractivity contribution < 1.29 is 19.5 Å². The third kappa shape index (κ3) is 3.44. The molecule has 0 saturated carbocycles. The maximum Gasteiger partial charge on any atom is 0.491 e. The standard InChI is InChI=1S/C18H18BNO4/c1-2-15(21)7-13-8-16(4-3-12(13)10-20)24-17-5-6-18-14(9-17)11-23-19(18)22/h3-6,8-9,15,21-22H,2,7,11H2,1H3. The van der Waals surface area contributed by atoms with Crippen LogP contribution in [0.15, 0.2) is 36.4 Å². The molecule has 1 aliphatic rings. The Morgan fingerprint density at radius 1 is 1.29 bits per heavy atom. The predicted octanol–water partition coefficient (Wildman–Crippen LogP) is 1.88. The molecule has 2 N–H and O–H groups in total. The quantitative estimate of drug-likeness (QED) is 0.821. The number of nitrogens with zero attached hydrogens (tertiary/aromatic N) is 1. The van der Waals surface area contributed by atoms with Crippen LogP contribution in [0.4, 0.5) is 0 Å². The minimum atomic E-state index is -0.869. The first-order chi connectivity index (χ1) is 11.6. The van der Waals surface area contributed by atoms with Gasteiger partial charge in [0.2, 0.25) is 0 Å². The van der Waals surface area contributed by atoms with Gasteiger partial charge in [-0.2, -0.15) is 5.26 Å². The summed E-state index contributed by atoms with van der Waals surface area (Å²) >= 11 is 0. The normalized spacial score (nSPS) is 14.2. The first-order valence-corrected chi connectivity index (χ1v) is 7.92. The molecule has 122 valence electrons. The van der Waals surface area contributed by atoms with Crippen molar-refractivity contribution in [3.63, 3.8) is 0 Å². The minimum Gasteiger partial charge on any atom is -0.457 e. The Hall–Kier alpha value is -2.33. The molecule has 3 rings (SSSR count). The number of rotatable bonds is 5. The summed E-state index contributed by atoms with van der Waals surface area (Å²) in [6.07, 6.45) is 0.565. The molecule has 0 saturated heterocycles. The molecule has 0 aliphatic carbocycles. The summed E-state index contributed by atoms with van der Waals surface area (Å²) in [7, 11) is -0.869. The van der Waals surface area contributed by atoms with E-state index in [-0.39, 0.29) is 0 Å². The summed E-state index contributed by atoms with van der Waals surface area (Å²) in [5.74, 6) is 1.24. The van der Waals surface area contributed by atoms with Gasteiger partial charge in [-0.1, -0.05) is 13.0 Å². The average Bonchev–Trinajstić information content (AvgIpc) is 2.95. The molecule has 1 unspecified atom stereocenters. The number of benzene rings is 2. The molecule has 5 nitrogen and oxygen atoms in total. The second-order valence-corrected chi connectivity index (χ2v) is 5.82. The van der Waals surface area contributed by atoms with Gasteiger partial charge >= 0.3 is 7.12 Å². The molecule has 1 aliphatic heterocycles. The summed E-state index contributed by atoms with van der Waals surface area (Å²) in [5.41, 5.74) is 2.97. The van der Waals surface area contributed by atoms with Crippen molar-refractivity contribution in [2.24, 2.45) is 0 Å². The van der Waals surface area contributed by atoms with E-state index in [2.05, 4.69) is 6.07 Å². The second kappa shape index (κ2) is 7.06. The van der Waals surface area contributed by atoms with Crippen molar-refractivity contribution in [3.05, 3.63) is 53.1 Å². The van der Waals surface area contributed by atoms with Crippen molar-refractivity contribution in [1.29, 1.82) is 5.26 Å². The van der Waals surface area contributed by atoms with Crippen LogP contribution in [0.3, 0.4) is 0 Å². The number of aliphatic hydroxyl groups is 1. The largest absolute Gasteiger partial charge is 0.491 e. The highest BCUT2D eigenvalue weighted by atomic mass is 16.5. The maximum absolute atomic E-state index is 9.85. The molecule has 0 radical (unpaired) electrons. The van der Waals surface area contributed by atoms with Crippen LogP contribution in [0, 0.1) is 11.3 Å². The lowest BCUT2D eigenvalue weighted by atomic mass is 9.80. The number of hydrogen-bond acceptors (Lipinski definition) is 5. The van der Waals surface area contributed by atoms with Crippen molar-refractivity contribution in [2.75, 3.05) is 0 Å². The van der Waals surface area contributed by atoms with E-state index in [1.54, 1.807) is 30.3 Å². The van der Waals surface area contributed by atoms with Gasteiger partial charge in [0.1, 0.15) is 11.5 Å². The van der Waals surface area contributed by atoms with E-state index in [1.165, 1.54) is 0 Å². The lowest BCUT2D eigenvalue weighted by Gasteiger charge is -2.12. The van der Waals surface area contributed by atoms with E-state index in [9.17, 15) is 15.4 Å². The third-order valence-corrected chi connectivity index (χ3v) is 4.14. The summed E-state index contributed by atoms with van der Waals surface area (Å²) < 4.78 is 11.0. The zero-order chi connectivity index (χ0) is 17.1. The number of nitriles is 1. The average molecular weight is 323 g/mol. The van der Waals surface area contributed by atoms with Gasteiger partial charge in [-0.3, -0.25) is 0 Å². The smallest absolute Gasteiger partial charge is 0.457 e. The maximum atomic E-state index is 9.85. The molecule has 2 aromatic carbocycles. The number of fused-ring (bicyclic) bond motifs is 1. The molecule has 0 spiro atoms. The highest BCUT2D eigenvalue weighted by molar-refractivity contribution is 6.61. The topological polar surface area (TPSA) is 82.7 Å². The molecule has 0 fully saturated rings. The third-order valence-electron chi connectivity index (χ3n) is 4.14. The lowest BCUT2D eigenvalue weighted by Crippen LogP contribution is -2.27. The molecular formula is C18H18BNO4. The van der Waals surface area contributed by atoms with E-state index >= 15 is 0 Å². The van der Waals surface area contributed by atoms with Gasteiger partial charge in [0.05, 0.1) is 24.3 Å². The summed E-state index contributed by atoms with van der Waals surface area (Å²) in [6.45, 7) is 2.26. The van der Waals surface area contributed by atoms with Gasteiger partial charge in [0, 0.05) is 0 Å². The van der Waals surface area contributed by atoms with E-state index in [1.807, 2.05) is 13.0 Å². The number of ether oxygens (including phenoxy) is 1. The van der Waals surface area contributed by atoms with Crippen molar-refractivity contribution in [1.82, 2.24) is 0 Å². The van der Waals surface area contributed by atoms with Gasteiger partial charge in [-0.25, -0.2) is 0 Å². The summed E-state index contributed by atoms with van der Waals surface area (Å²) in [4.78, 5) is 0. The highest BCUT2D eigenvalue weighted by Gasteiger charge is 2.27. The monoisotopic (exact) mass is 323 g/mol. The van der Waals surface area contributed by atoms with Crippen molar-refractivity contribution in [2.45, 2.75) is 32.5 Å². The Morgan fingerprint density at radius 3 is 2.79 bits per heavy atom. The first kappa shape index (κ1) is 16.5. The SMILES string of the molecule is CCC(O)Cc1cc(Oc2ccc3c(c2)COB3O)ccc1C#N. The Balaban J connectivity index is 1.83. The van der Waals surface area contributed by atoms with E-state index < -0.39 is 13.2 Å². The Labute approximate surface area is 141 Å². The number of aliphatic hydroxyl groups excluding tert-OH is 1. The zero-order valence-electron chi connectivity index (χ0n) is 13.4. The number of hydrogen-bond donors (Lipinski definition) is 2. The molecule has 6 heteroatoms. The lowest BCUT2D eigenvalue weighted by molar-refractivity contribution is 0.170. The Bertz CT molecular complexity index is 787. The molecule has 1 atom stereocenters. The fraction of sp³-hybridized carbons (Fsp3) is 0.278. The van der Waals surface area contributed by atoms with E-state index in [0.29, 0.717) is 36.5 Å². The summed E-state index contributed by atoms with van der Waals surface area (Å²) in [5, 5.41) is 28.7. The van der Waals surface area contributed by atoms with E-state index in [4.69, 9.17) is 9.39 Å². The molecule has 1 heterocycles. The van der Waals surface area contributed by atoms with E-state index in [0.717, 1.165) is 16.6 Å². The Kier molecular flexibility index (Phi) is 4.86. The second-order valence-electron chi connectivity index (χ2n) is 5.82. The van der Waals surface area contributed by atoms with Gasteiger partial charge in [-0.05, 0) is 59.8 Å². The van der Waals surface area contributed by atoms with Crippen LogP contribution >= 0.6 is 0 Å². The van der Waals surface area contributed by atoms with Crippen LogP contribution in [0.5, 0.6) is 11.5 Å². The Morgan fingerprint density at radius 2 is 2.04 bits per heavy atom. The molecular weight excluding hydrogens is 305 g/mol. The van der Waals surface area contributed by atoms with Gasteiger partial charge < -0.3 is 19.5 Å². The van der Waals surface area contributed by atoms with Gasteiger partial charge in [-0.15, -0.1) is 0 Å². The van der Waals surface area contributed by atoms with Crippen LogP contribution in [-0.2, 0) is 17.7 Å². The van der Waals surface area contributed by atoms with Gasteiger partial charge in [0.25, 0.3) is 0 Å². The highest BCUT2D eigenvalue weighted by Crippen LogP contribution is 2.26. The molecule has 0 aromatic heterocycles. The van der Waals surface area contributed by atoms with Crippen LogP contribution in [-0.4, -0.2) is 23.4 Å². The van der Waals surface area contributed by atoms with Crippen molar-refractivity contribution >= 4 is 12.6 Å². The molecule has 0 bridgehead atoms. The predicted molar refractivity (Wildman–Crippen MR) is 90.1 cm³/mol. The minimum absolute atomic E-state index is 0.356. The summed E-state index contributed by atoms with van der Waals surface area (Å²) in [6, 6.07) is 12.8. The van der Waals surface area contributed by atoms with Crippen LogP contribution in [0.2, 0.25) is 0 Å². The first-order valence-electron chi connectivity index (χ1n) is 7.92. The van der Waals surface area contributed by atoms with Crippen LogP contribution in [0.1, 0.15) is 30.0 Å². The molecule has 0 amide bonds. The van der Waals surface area contributed by atoms with Crippen molar-refractivity contribution in [3.8, 4) is 17.6 Å². The van der Waals surface area contributed by atoms with Gasteiger partial charge in [0.15, 0.2) is 0 Å². The zero-order valence-corrected chi connectivity index (χ0v) is 13.4. The molecule has 24 heavy (non-hydrogen) atoms. The fourth-order valence-electron chi connectivity index (χ4n) is 2.72. The van der Waals surface area contributed by atoms with Crippen LogP contribution < -0.4 is 10.2 Å². The van der Waals surface area contributed by atoms with Crippen LogP contribution in [0.25, 0.3) is 0 Å².